The van der Waals surface area contributed by atoms with Crippen LogP contribution in [0.1, 0.15) is 106 Å². The van der Waals surface area contributed by atoms with E-state index in [0.717, 1.165) is 38.4 Å². The fourth-order valence-electron chi connectivity index (χ4n) is 1.79. The average molecular weight is 401 g/mol. The summed E-state index contributed by atoms with van der Waals surface area (Å²) in [4.78, 5) is 20.9. The Hall–Kier alpha value is -1.58. The largest absolute Gasteiger partial charge is 0.466 e. The number of carbonyl (C=O) groups is 2. The maximum Gasteiger partial charge on any atom is 0.307 e. The molecule has 0 aliphatic heterocycles. The van der Waals surface area contributed by atoms with Crippen molar-refractivity contribution in [2.45, 2.75) is 106 Å². The summed E-state index contributed by atoms with van der Waals surface area (Å²) in [6.07, 6.45) is 12.6. The molecule has 1 unspecified atom stereocenters. The van der Waals surface area contributed by atoms with Gasteiger partial charge >= 0.3 is 11.9 Å². The molecule has 0 aromatic heterocycles. The van der Waals surface area contributed by atoms with Gasteiger partial charge in [0.25, 0.3) is 0 Å². The molecule has 0 N–H and O–H groups in total. The van der Waals surface area contributed by atoms with Crippen LogP contribution in [0.25, 0.3) is 0 Å². The van der Waals surface area contributed by atoms with Crippen LogP contribution >= 0.6 is 0 Å². The first-order chi connectivity index (χ1) is 13.4. The molecule has 0 rings (SSSR count). The van der Waals surface area contributed by atoms with Gasteiger partial charge in [-0.25, -0.2) is 0 Å². The molecule has 0 saturated heterocycles. The Bertz CT molecular complexity index is 323. The van der Waals surface area contributed by atoms with E-state index in [1.807, 2.05) is 0 Å². The fraction of sp³-hybridized carbons (Fsp3) is 0.750. The highest BCUT2D eigenvalue weighted by molar-refractivity contribution is 5.69. The van der Waals surface area contributed by atoms with Crippen LogP contribution in [0.5, 0.6) is 0 Å². The summed E-state index contributed by atoms with van der Waals surface area (Å²) in [5, 5.41) is 0. The molecule has 0 bridgehead atoms. The van der Waals surface area contributed by atoms with Gasteiger partial charge in [0.2, 0.25) is 0 Å². The first-order valence-corrected chi connectivity index (χ1v) is 10.8. The lowest BCUT2D eigenvalue weighted by atomic mass is 10.1. The molecule has 0 radical (unpaired) electrons. The van der Waals surface area contributed by atoms with Crippen molar-refractivity contribution >= 4 is 11.9 Å². The van der Waals surface area contributed by atoms with Crippen LogP contribution in [0, 0.1) is 5.92 Å². The van der Waals surface area contributed by atoms with Crippen molar-refractivity contribution in [3.8, 4) is 0 Å². The van der Waals surface area contributed by atoms with Gasteiger partial charge in [-0.3, -0.25) is 9.59 Å². The molecular formula is C24H48O4. The number of hydrogen-bond donors (Lipinski definition) is 0. The van der Waals surface area contributed by atoms with Crippen LogP contribution in [-0.4, -0.2) is 18.5 Å². The van der Waals surface area contributed by atoms with Gasteiger partial charge in [0.15, 0.2) is 0 Å². The Kier molecular flexibility index (Phi) is 40.1. The topological polar surface area (TPSA) is 52.6 Å². The Labute approximate surface area is 175 Å². The van der Waals surface area contributed by atoms with Gasteiger partial charge in [0.05, 0.1) is 12.9 Å². The van der Waals surface area contributed by atoms with Crippen molar-refractivity contribution in [2.75, 3.05) is 6.61 Å². The molecule has 0 aliphatic carbocycles. The van der Waals surface area contributed by atoms with E-state index in [1.165, 1.54) is 32.6 Å². The maximum absolute atomic E-state index is 11.2. The van der Waals surface area contributed by atoms with E-state index in [2.05, 4.69) is 59.1 Å². The predicted molar refractivity (Wildman–Crippen MR) is 122 cm³/mol. The minimum atomic E-state index is -0.329. The van der Waals surface area contributed by atoms with Crippen LogP contribution in [0.3, 0.4) is 0 Å². The highest BCUT2D eigenvalue weighted by atomic mass is 16.5. The van der Waals surface area contributed by atoms with Gasteiger partial charge in [-0.15, -0.1) is 13.2 Å². The van der Waals surface area contributed by atoms with Crippen molar-refractivity contribution in [1.82, 2.24) is 0 Å². The predicted octanol–water partition coefficient (Wildman–Crippen LogP) is 7.63. The number of carbonyl (C=O) groups excluding carboxylic acids is 2. The molecule has 0 saturated carbocycles. The SMILES string of the molecule is C=C.C=COC(C)=O.CCCCCC.CCCCCC(=O)OCCC(C)CC. The molecule has 1 atom stereocenters. The monoisotopic (exact) mass is 400 g/mol. The van der Waals surface area contributed by atoms with Crippen molar-refractivity contribution in [2.24, 2.45) is 5.92 Å². The van der Waals surface area contributed by atoms with E-state index in [0.29, 0.717) is 18.9 Å². The number of rotatable bonds is 12. The summed E-state index contributed by atoms with van der Waals surface area (Å²) in [5.74, 6) is 0.310. The Morgan fingerprint density at radius 2 is 1.39 bits per heavy atom. The van der Waals surface area contributed by atoms with E-state index in [9.17, 15) is 9.59 Å². The van der Waals surface area contributed by atoms with Crippen molar-refractivity contribution in [3.05, 3.63) is 26.0 Å². The summed E-state index contributed by atoms with van der Waals surface area (Å²) >= 11 is 0. The van der Waals surface area contributed by atoms with Gasteiger partial charge in [-0.05, 0) is 18.8 Å². The number of esters is 2. The van der Waals surface area contributed by atoms with Crippen LogP contribution in [-0.2, 0) is 19.1 Å². The second kappa shape index (κ2) is 33.0. The molecule has 168 valence electrons. The van der Waals surface area contributed by atoms with Crippen molar-refractivity contribution in [3.63, 3.8) is 0 Å². The normalized spacial score (nSPS) is 9.79. The van der Waals surface area contributed by atoms with E-state index < -0.39 is 0 Å². The highest BCUT2D eigenvalue weighted by Gasteiger charge is 2.03. The number of hydrogen-bond acceptors (Lipinski definition) is 4. The van der Waals surface area contributed by atoms with Crippen molar-refractivity contribution in [1.29, 1.82) is 0 Å². The molecule has 0 aliphatic rings. The summed E-state index contributed by atoms with van der Waals surface area (Å²) < 4.78 is 9.29. The first kappa shape index (κ1) is 34.0. The van der Waals surface area contributed by atoms with E-state index in [4.69, 9.17) is 4.74 Å². The molecule has 0 spiro atoms. The number of unbranched alkanes of at least 4 members (excludes halogenated alkanes) is 5. The maximum atomic E-state index is 11.2. The van der Waals surface area contributed by atoms with Crippen molar-refractivity contribution < 1.29 is 19.1 Å². The molecule has 0 aromatic carbocycles. The molecule has 4 nitrogen and oxygen atoms in total. The second-order valence-electron chi connectivity index (χ2n) is 6.46. The minimum absolute atomic E-state index is 0.0262. The standard InChI is InChI=1S/C12H24O2.C6H14.C4H6O2.C2H4/c1-4-6-7-8-12(13)14-10-9-11(3)5-2;1-3-5-6-4-2;1-3-6-4(2)5;1-2/h11H,4-10H2,1-3H3;3-6H2,1-2H3;3H,1H2,2H3;1-2H2. The van der Waals surface area contributed by atoms with E-state index >= 15 is 0 Å². The van der Waals surface area contributed by atoms with E-state index in [-0.39, 0.29) is 11.9 Å². The molecule has 28 heavy (non-hydrogen) atoms. The molecular weight excluding hydrogens is 352 g/mol. The van der Waals surface area contributed by atoms with E-state index in [1.54, 1.807) is 0 Å². The average Bonchev–Trinajstić information content (AvgIpc) is 2.69. The third-order valence-corrected chi connectivity index (χ3v) is 3.76. The first-order valence-electron chi connectivity index (χ1n) is 10.8. The van der Waals surface area contributed by atoms with Crippen LogP contribution < -0.4 is 0 Å². The molecule has 0 fully saturated rings. The van der Waals surface area contributed by atoms with Gasteiger partial charge in [-0.2, -0.15) is 0 Å². The fourth-order valence-corrected chi connectivity index (χ4v) is 1.79. The zero-order valence-electron chi connectivity index (χ0n) is 19.7. The third kappa shape index (κ3) is 44.1. The summed E-state index contributed by atoms with van der Waals surface area (Å²) in [5.41, 5.74) is 0. The Balaban J connectivity index is -0.000000171. The van der Waals surface area contributed by atoms with Gasteiger partial charge in [0, 0.05) is 13.3 Å². The van der Waals surface area contributed by atoms with Crippen LogP contribution in [0.2, 0.25) is 0 Å². The Morgan fingerprint density at radius 3 is 1.71 bits per heavy atom. The quantitative estimate of drug-likeness (QED) is 0.146. The molecule has 0 heterocycles. The van der Waals surface area contributed by atoms with Gasteiger partial charge in [0.1, 0.15) is 0 Å². The molecule has 0 amide bonds. The number of ether oxygens (including phenoxy) is 2. The van der Waals surface area contributed by atoms with Gasteiger partial charge < -0.3 is 9.47 Å². The lowest BCUT2D eigenvalue weighted by Gasteiger charge is -2.08. The summed E-state index contributed by atoms with van der Waals surface area (Å²) in [6, 6.07) is 0. The van der Waals surface area contributed by atoms with Gasteiger partial charge in [-0.1, -0.05) is 86.1 Å². The Morgan fingerprint density at radius 1 is 0.929 bits per heavy atom. The molecule has 0 aromatic rings. The zero-order chi connectivity index (χ0) is 22.6. The van der Waals surface area contributed by atoms with Crippen LogP contribution in [0.4, 0.5) is 0 Å². The molecule has 4 heteroatoms. The second-order valence-corrected chi connectivity index (χ2v) is 6.46. The minimum Gasteiger partial charge on any atom is -0.466 e. The summed E-state index contributed by atoms with van der Waals surface area (Å²) in [6.45, 7) is 22.0. The smallest absolute Gasteiger partial charge is 0.307 e. The summed E-state index contributed by atoms with van der Waals surface area (Å²) in [7, 11) is 0. The lowest BCUT2D eigenvalue weighted by molar-refractivity contribution is -0.144. The third-order valence-electron chi connectivity index (χ3n) is 3.76. The lowest BCUT2D eigenvalue weighted by Crippen LogP contribution is -2.08. The highest BCUT2D eigenvalue weighted by Crippen LogP contribution is 2.07. The zero-order valence-corrected chi connectivity index (χ0v) is 19.7. The van der Waals surface area contributed by atoms with Crippen LogP contribution in [0.15, 0.2) is 26.0 Å².